The van der Waals surface area contributed by atoms with Crippen LogP contribution in [0.1, 0.15) is 16.3 Å². The predicted molar refractivity (Wildman–Crippen MR) is 94.2 cm³/mol. The minimum atomic E-state index is -0.565. The number of benzene rings is 2. The van der Waals surface area contributed by atoms with Crippen molar-refractivity contribution in [3.05, 3.63) is 82.5 Å². The number of oxazole rings is 1. The van der Waals surface area contributed by atoms with Gasteiger partial charge in [0.2, 0.25) is 0 Å². The van der Waals surface area contributed by atoms with Crippen molar-refractivity contribution < 1.29 is 22.8 Å². The molecule has 8 heteroatoms. The van der Waals surface area contributed by atoms with Crippen molar-refractivity contribution in [3.63, 3.8) is 0 Å². The van der Waals surface area contributed by atoms with Crippen LogP contribution < -0.4 is 15.8 Å². The number of carbonyl (C=O) groups is 1. The number of nitrogens with one attached hydrogen (secondary N) is 2. The second-order valence-corrected chi connectivity index (χ2v) is 5.69. The van der Waals surface area contributed by atoms with E-state index >= 15 is 0 Å². The Bertz CT molecular complexity index is 1160. The van der Waals surface area contributed by atoms with Gasteiger partial charge in [-0.05, 0) is 54.6 Å². The van der Waals surface area contributed by atoms with Crippen molar-refractivity contribution in [2.45, 2.75) is 6.61 Å². The lowest BCUT2D eigenvalue weighted by atomic mass is 10.3. The Labute approximate surface area is 151 Å². The number of fused-ring (bicyclic) bond motifs is 1. The number of hydrogen-bond donors (Lipinski definition) is 2. The molecule has 0 aliphatic carbocycles. The fourth-order valence-electron chi connectivity index (χ4n) is 2.49. The molecule has 0 saturated carbocycles. The maximum Gasteiger partial charge on any atom is 0.417 e. The summed E-state index contributed by atoms with van der Waals surface area (Å²) in [5.74, 6) is -0.329. The second kappa shape index (κ2) is 6.83. The molecule has 0 radical (unpaired) electrons. The summed E-state index contributed by atoms with van der Waals surface area (Å²) in [4.78, 5) is 26.0. The lowest BCUT2D eigenvalue weighted by Gasteiger charge is -2.04. The maximum atomic E-state index is 12.9. The van der Waals surface area contributed by atoms with Gasteiger partial charge in [0, 0.05) is 5.69 Å². The van der Waals surface area contributed by atoms with E-state index in [1.807, 2.05) is 0 Å². The predicted octanol–water partition coefficient (Wildman–Crippen LogP) is 3.68. The van der Waals surface area contributed by atoms with Crippen molar-refractivity contribution in [1.29, 1.82) is 0 Å². The molecule has 4 rings (SSSR count). The Morgan fingerprint density at radius 2 is 1.89 bits per heavy atom. The van der Waals surface area contributed by atoms with Gasteiger partial charge in [-0.2, -0.15) is 0 Å². The molecule has 0 fully saturated rings. The summed E-state index contributed by atoms with van der Waals surface area (Å²) in [7, 11) is 0. The zero-order chi connectivity index (χ0) is 18.8. The highest BCUT2D eigenvalue weighted by atomic mass is 19.1. The Kier molecular flexibility index (Phi) is 4.21. The van der Waals surface area contributed by atoms with E-state index in [4.69, 9.17) is 13.6 Å². The summed E-state index contributed by atoms with van der Waals surface area (Å²) in [5, 5.41) is 2.67. The highest BCUT2D eigenvalue weighted by molar-refractivity contribution is 6.03. The lowest BCUT2D eigenvalue weighted by Crippen LogP contribution is -2.10. The number of anilines is 1. The molecule has 1 amide bonds. The van der Waals surface area contributed by atoms with E-state index < -0.39 is 11.7 Å². The largest absolute Gasteiger partial charge is 0.486 e. The Balaban J connectivity index is 1.41. The number of rotatable bonds is 5. The first-order chi connectivity index (χ1) is 13.1. The smallest absolute Gasteiger partial charge is 0.417 e. The molecule has 4 aromatic rings. The van der Waals surface area contributed by atoms with E-state index in [-0.39, 0.29) is 18.2 Å². The number of aromatic amines is 1. The lowest BCUT2D eigenvalue weighted by molar-refractivity contribution is 0.0992. The van der Waals surface area contributed by atoms with Gasteiger partial charge in [0.1, 0.15) is 23.9 Å². The summed E-state index contributed by atoms with van der Waals surface area (Å²) in [5.41, 5.74) is 1.35. The maximum absolute atomic E-state index is 12.9. The number of carbonyl (C=O) groups excluding carboxylic acids is 1. The number of hydrogen-bond acceptors (Lipinski definition) is 5. The molecule has 2 heterocycles. The van der Waals surface area contributed by atoms with Gasteiger partial charge < -0.3 is 18.9 Å². The molecule has 0 unspecified atom stereocenters. The van der Waals surface area contributed by atoms with Crippen LogP contribution >= 0.6 is 0 Å². The van der Waals surface area contributed by atoms with Crippen LogP contribution in [0, 0.1) is 5.82 Å². The molecular weight excluding hydrogens is 355 g/mol. The van der Waals surface area contributed by atoms with Crippen LogP contribution in [-0.4, -0.2) is 10.9 Å². The number of ether oxygens (including phenoxy) is 1. The van der Waals surface area contributed by atoms with Gasteiger partial charge in [0.15, 0.2) is 11.3 Å². The first kappa shape index (κ1) is 16.6. The van der Waals surface area contributed by atoms with Crippen molar-refractivity contribution in [2.24, 2.45) is 0 Å². The zero-order valence-corrected chi connectivity index (χ0v) is 13.8. The van der Waals surface area contributed by atoms with E-state index in [0.717, 1.165) is 0 Å². The quantitative estimate of drug-likeness (QED) is 0.560. The molecular formula is C19H13FN2O5. The van der Waals surface area contributed by atoms with Gasteiger partial charge in [-0.3, -0.25) is 9.78 Å². The van der Waals surface area contributed by atoms with E-state index in [1.165, 1.54) is 30.3 Å². The minimum Gasteiger partial charge on any atom is -0.486 e. The van der Waals surface area contributed by atoms with Crippen molar-refractivity contribution >= 4 is 22.7 Å². The van der Waals surface area contributed by atoms with Crippen LogP contribution in [0.3, 0.4) is 0 Å². The Morgan fingerprint density at radius 3 is 2.70 bits per heavy atom. The number of furan rings is 1. The molecule has 2 aromatic carbocycles. The Hall–Kier alpha value is -3.81. The molecule has 0 saturated heterocycles. The van der Waals surface area contributed by atoms with Crippen LogP contribution in [0.15, 0.2) is 68.2 Å². The van der Waals surface area contributed by atoms with Crippen LogP contribution in [0.25, 0.3) is 11.1 Å². The third-order valence-corrected chi connectivity index (χ3v) is 3.76. The molecule has 2 N–H and O–H groups in total. The van der Waals surface area contributed by atoms with Crippen molar-refractivity contribution in [3.8, 4) is 5.75 Å². The average Bonchev–Trinajstić information content (AvgIpc) is 3.26. The van der Waals surface area contributed by atoms with E-state index in [1.54, 1.807) is 24.3 Å². The zero-order valence-electron chi connectivity index (χ0n) is 13.8. The fourth-order valence-corrected chi connectivity index (χ4v) is 2.49. The highest BCUT2D eigenvalue weighted by Gasteiger charge is 2.13. The van der Waals surface area contributed by atoms with Gasteiger partial charge >= 0.3 is 5.76 Å². The SMILES string of the molecule is O=C(Nc1ccc2oc(=O)[nH]c2c1)c1ccc(COc2ccc(F)cc2)o1. The van der Waals surface area contributed by atoms with Crippen LogP contribution in [-0.2, 0) is 6.61 Å². The molecule has 0 bridgehead atoms. The number of H-pyrrole nitrogens is 1. The fraction of sp³-hybridized carbons (Fsp3) is 0.0526. The van der Waals surface area contributed by atoms with E-state index in [9.17, 15) is 14.0 Å². The summed E-state index contributed by atoms with van der Waals surface area (Å²) in [6.07, 6.45) is 0. The monoisotopic (exact) mass is 368 g/mol. The van der Waals surface area contributed by atoms with Gasteiger partial charge in [-0.15, -0.1) is 0 Å². The number of halogens is 1. The number of aromatic nitrogens is 1. The van der Waals surface area contributed by atoms with Gasteiger partial charge in [0.25, 0.3) is 5.91 Å². The molecule has 0 atom stereocenters. The molecule has 27 heavy (non-hydrogen) atoms. The minimum absolute atomic E-state index is 0.0983. The van der Waals surface area contributed by atoms with Crippen LogP contribution in [0.2, 0.25) is 0 Å². The standard InChI is InChI=1S/C19H13FN2O5/c20-11-1-4-13(5-2-11)25-10-14-6-8-17(26-14)18(23)21-12-3-7-16-15(9-12)22-19(24)27-16/h1-9H,10H2,(H,21,23)(H,22,24). The highest BCUT2D eigenvalue weighted by Crippen LogP contribution is 2.19. The summed E-state index contributed by atoms with van der Waals surface area (Å²) < 4.78 is 28.7. The number of amides is 1. The molecule has 0 aliphatic rings. The second-order valence-electron chi connectivity index (χ2n) is 5.69. The topological polar surface area (TPSA) is 97.5 Å². The molecule has 2 aromatic heterocycles. The van der Waals surface area contributed by atoms with Crippen molar-refractivity contribution in [2.75, 3.05) is 5.32 Å². The first-order valence-electron chi connectivity index (χ1n) is 7.98. The van der Waals surface area contributed by atoms with Crippen molar-refractivity contribution in [1.82, 2.24) is 4.98 Å². The van der Waals surface area contributed by atoms with E-state index in [0.29, 0.717) is 28.3 Å². The normalized spacial score (nSPS) is 10.9. The van der Waals surface area contributed by atoms with Crippen LogP contribution in [0.4, 0.5) is 10.1 Å². The van der Waals surface area contributed by atoms with Gasteiger partial charge in [-0.1, -0.05) is 0 Å². The van der Waals surface area contributed by atoms with Gasteiger partial charge in [0.05, 0.1) is 5.52 Å². The molecule has 0 spiro atoms. The third kappa shape index (κ3) is 3.74. The molecule has 0 aliphatic heterocycles. The summed E-state index contributed by atoms with van der Waals surface area (Å²) in [6, 6.07) is 13.5. The van der Waals surface area contributed by atoms with Gasteiger partial charge in [-0.25, -0.2) is 9.18 Å². The Morgan fingerprint density at radius 1 is 1.07 bits per heavy atom. The van der Waals surface area contributed by atoms with E-state index in [2.05, 4.69) is 10.3 Å². The summed E-state index contributed by atoms with van der Waals surface area (Å²) >= 11 is 0. The third-order valence-electron chi connectivity index (χ3n) is 3.76. The molecule has 7 nitrogen and oxygen atoms in total. The first-order valence-corrected chi connectivity index (χ1v) is 7.98. The summed E-state index contributed by atoms with van der Waals surface area (Å²) in [6.45, 7) is 0.0983. The molecule has 136 valence electrons. The van der Waals surface area contributed by atoms with Crippen LogP contribution in [0.5, 0.6) is 5.75 Å². The average molecular weight is 368 g/mol.